The van der Waals surface area contributed by atoms with Crippen molar-refractivity contribution < 1.29 is 19.0 Å². The number of fused-ring (bicyclic) bond motifs is 5. The van der Waals surface area contributed by atoms with Gasteiger partial charge in [-0.1, -0.05) is 13.8 Å². The Morgan fingerprint density at radius 2 is 1.86 bits per heavy atom. The lowest BCUT2D eigenvalue weighted by Crippen LogP contribution is -2.64. The van der Waals surface area contributed by atoms with Crippen LogP contribution in [0.1, 0.15) is 90.0 Å². The molecule has 1 aromatic rings. The van der Waals surface area contributed by atoms with Gasteiger partial charge in [0.05, 0.1) is 30.8 Å². The number of rotatable bonds is 6. The lowest BCUT2D eigenvalue weighted by atomic mass is 9.43. The van der Waals surface area contributed by atoms with Crippen LogP contribution in [0.4, 0.5) is 0 Å². The predicted octanol–water partition coefficient (Wildman–Crippen LogP) is 5.76. The molecule has 0 radical (unpaired) electrons. The van der Waals surface area contributed by atoms with Gasteiger partial charge in [0, 0.05) is 24.6 Å². The standard InChI is InChI=1S/C30H47NO4/c1-27-11-8-24(35-19-17-31-15-4-5-16-31)20-22(27)6-7-26-25(27)9-12-28(2)29(26,32)13-14-30(28,33-3)23-10-18-34-21-23/h10,18,21-22,24-26,32H,4-9,11-17,19-20H2,1-3H3/t22-,24+,25+,26-,27+,28+,29+,30+/m1/s1. The third-order valence-corrected chi connectivity index (χ3v) is 12.2. The summed E-state index contributed by atoms with van der Waals surface area (Å²) in [6.07, 6.45) is 16.6. The molecule has 0 unspecified atom stereocenters. The fourth-order valence-electron chi connectivity index (χ4n) is 10.1. The maximum atomic E-state index is 12.6. The third kappa shape index (κ3) is 3.47. The van der Waals surface area contributed by atoms with Gasteiger partial charge in [-0.15, -0.1) is 0 Å². The Kier molecular flexibility index (Phi) is 6.19. The van der Waals surface area contributed by atoms with Crippen LogP contribution in [0.2, 0.25) is 0 Å². The highest BCUT2D eigenvalue weighted by Gasteiger charge is 2.72. The summed E-state index contributed by atoms with van der Waals surface area (Å²) in [5.74, 6) is 1.69. The van der Waals surface area contributed by atoms with E-state index in [1.807, 2.05) is 13.4 Å². The molecule has 196 valence electrons. The van der Waals surface area contributed by atoms with Gasteiger partial charge in [-0.2, -0.15) is 0 Å². The molecule has 8 atom stereocenters. The second-order valence-electron chi connectivity index (χ2n) is 13.1. The number of aliphatic hydroxyl groups is 1. The van der Waals surface area contributed by atoms with E-state index in [1.54, 1.807) is 6.26 Å². The molecule has 0 aromatic carbocycles. The van der Waals surface area contributed by atoms with Gasteiger partial charge in [0.1, 0.15) is 5.60 Å². The van der Waals surface area contributed by atoms with Crippen LogP contribution in [0.15, 0.2) is 23.0 Å². The van der Waals surface area contributed by atoms with Crippen molar-refractivity contribution in [1.82, 2.24) is 4.90 Å². The summed E-state index contributed by atoms with van der Waals surface area (Å²) >= 11 is 0. The summed E-state index contributed by atoms with van der Waals surface area (Å²) in [7, 11) is 1.83. The van der Waals surface area contributed by atoms with E-state index >= 15 is 0 Å². The smallest absolute Gasteiger partial charge is 0.104 e. The Labute approximate surface area is 211 Å². The zero-order valence-corrected chi connectivity index (χ0v) is 22.3. The van der Waals surface area contributed by atoms with Gasteiger partial charge in [-0.05, 0) is 113 Å². The second-order valence-corrected chi connectivity index (χ2v) is 13.1. The van der Waals surface area contributed by atoms with E-state index in [0.29, 0.717) is 23.4 Å². The summed E-state index contributed by atoms with van der Waals surface area (Å²) in [5.41, 5.74) is -0.0106. The van der Waals surface area contributed by atoms with Crippen molar-refractivity contribution in [2.24, 2.45) is 28.6 Å². The first-order valence-corrected chi connectivity index (χ1v) is 14.5. The molecule has 5 nitrogen and oxygen atoms in total. The average Bonchev–Trinajstić information content (AvgIpc) is 3.61. The van der Waals surface area contributed by atoms with Crippen LogP contribution in [0.25, 0.3) is 0 Å². The molecule has 0 amide bonds. The molecular formula is C30H47NO4. The highest BCUT2D eigenvalue weighted by atomic mass is 16.5. The first-order chi connectivity index (χ1) is 16.9. The fourth-order valence-corrected chi connectivity index (χ4v) is 10.1. The van der Waals surface area contributed by atoms with Crippen LogP contribution in [-0.2, 0) is 15.1 Å². The van der Waals surface area contributed by atoms with Gasteiger partial charge in [0.15, 0.2) is 0 Å². The number of furan rings is 1. The van der Waals surface area contributed by atoms with Gasteiger partial charge in [-0.25, -0.2) is 0 Å². The van der Waals surface area contributed by atoms with Crippen LogP contribution in [0.5, 0.6) is 0 Å². The maximum Gasteiger partial charge on any atom is 0.104 e. The van der Waals surface area contributed by atoms with Crippen molar-refractivity contribution in [2.45, 2.75) is 102 Å². The van der Waals surface area contributed by atoms with Gasteiger partial charge in [0.25, 0.3) is 0 Å². The molecule has 5 heteroatoms. The van der Waals surface area contributed by atoms with E-state index in [1.165, 1.54) is 58.0 Å². The van der Waals surface area contributed by atoms with Gasteiger partial charge >= 0.3 is 0 Å². The monoisotopic (exact) mass is 485 g/mol. The average molecular weight is 486 g/mol. The van der Waals surface area contributed by atoms with E-state index in [4.69, 9.17) is 13.9 Å². The van der Waals surface area contributed by atoms with Gasteiger partial charge in [0.2, 0.25) is 0 Å². The summed E-state index contributed by atoms with van der Waals surface area (Å²) < 4.78 is 18.3. The first-order valence-electron chi connectivity index (χ1n) is 14.5. The summed E-state index contributed by atoms with van der Waals surface area (Å²) in [4.78, 5) is 2.56. The van der Waals surface area contributed by atoms with Crippen molar-refractivity contribution in [3.63, 3.8) is 0 Å². The minimum absolute atomic E-state index is 0.293. The van der Waals surface area contributed by atoms with Crippen LogP contribution in [0, 0.1) is 28.6 Å². The van der Waals surface area contributed by atoms with Crippen molar-refractivity contribution in [3.8, 4) is 0 Å². The summed E-state index contributed by atoms with van der Waals surface area (Å²) in [5, 5.41) is 12.6. The SMILES string of the molecule is CO[C@]1(c2ccoc2)CC[C@]2(O)[C@@H]3CC[C@@H]4C[C@@H](OCCN5CCCC5)CC[C@]4(C)[C@H]3CC[C@]12C. The molecule has 5 fully saturated rings. The van der Waals surface area contributed by atoms with Gasteiger partial charge in [-0.3, -0.25) is 0 Å². The van der Waals surface area contributed by atoms with Gasteiger partial charge < -0.3 is 23.9 Å². The highest BCUT2D eigenvalue weighted by Crippen LogP contribution is 2.72. The predicted molar refractivity (Wildman–Crippen MR) is 136 cm³/mol. The quantitative estimate of drug-likeness (QED) is 0.555. The lowest BCUT2D eigenvalue weighted by molar-refractivity contribution is -0.244. The number of ether oxygens (including phenoxy) is 2. The molecule has 35 heavy (non-hydrogen) atoms. The van der Waals surface area contributed by atoms with Crippen molar-refractivity contribution in [2.75, 3.05) is 33.4 Å². The minimum atomic E-state index is -0.680. The van der Waals surface area contributed by atoms with E-state index in [-0.39, 0.29) is 5.41 Å². The van der Waals surface area contributed by atoms with E-state index < -0.39 is 11.2 Å². The third-order valence-electron chi connectivity index (χ3n) is 12.2. The van der Waals surface area contributed by atoms with E-state index in [2.05, 4.69) is 24.8 Å². The Bertz CT molecular complexity index is 883. The van der Waals surface area contributed by atoms with E-state index in [0.717, 1.165) is 50.3 Å². The molecule has 1 aromatic heterocycles. The molecule has 1 aliphatic heterocycles. The molecule has 1 saturated heterocycles. The Morgan fingerprint density at radius 3 is 2.60 bits per heavy atom. The number of likely N-dealkylation sites (tertiary alicyclic amines) is 1. The molecule has 5 aliphatic rings. The Balaban J connectivity index is 1.17. The normalized spacial score (nSPS) is 47.9. The molecular weight excluding hydrogens is 438 g/mol. The highest BCUT2D eigenvalue weighted by molar-refractivity contribution is 5.31. The van der Waals surface area contributed by atoms with Crippen LogP contribution >= 0.6 is 0 Å². The van der Waals surface area contributed by atoms with E-state index in [9.17, 15) is 5.11 Å². The lowest BCUT2D eigenvalue weighted by Gasteiger charge is -2.64. The molecule has 4 saturated carbocycles. The number of hydrogen-bond acceptors (Lipinski definition) is 5. The largest absolute Gasteiger partial charge is 0.472 e. The van der Waals surface area contributed by atoms with Crippen LogP contribution in [0.3, 0.4) is 0 Å². The fraction of sp³-hybridized carbons (Fsp3) is 0.867. The molecule has 2 heterocycles. The number of methoxy groups -OCH3 is 1. The molecule has 1 N–H and O–H groups in total. The van der Waals surface area contributed by atoms with Crippen molar-refractivity contribution >= 4 is 0 Å². The first kappa shape index (κ1) is 24.5. The van der Waals surface area contributed by atoms with Crippen molar-refractivity contribution in [3.05, 3.63) is 24.2 Å². The second kappa shape index (κ2) is 8.85. The van der Waals surface area contributed by atoms with Crippen LogP contribution in [-0.4, -0.2) is 55.1 Å². The molecule has 4 aliphatic carbocycles. The zero-order chi connectivity index (χ0) is 24.3. The topological polar surface area (TPSA) is 55.1 Å². The van der Waals surface area contributed by atoms with Crippen molar-refractivity contribution in [1.29, 1.82) is 0 Å². The molecule has 0 bridgehead atoms. The zero-order valence-electron chi connectivity index (χ0n) is 22.3. The minimum Gasteiger partial charge on any atom is -0.472 e. The Morgan fingerprint density at radius 1 is 1.03 bits per heavy atom. The Hall–Kier alpha value is -0.880. The summed E-state index contributed by atoms with van der Waals surface area (Å²) in [6.45, 7) is 9.38. The summed E-state index contributed by atoms with van der Waals surface area (Å²) in [6, 6.07) is 2.05. The number of nitrogens with zero attached hydrogens (tertiary/aromatic N) is 1. The number of hydrogen-bond donors (Lipinski definition) is 1. The van der Waals surface area contributed by atoms with Crippen LogP contribution < -0.4 is 0 Å². The molecule has 6 rings (SSSR count). The maximum absolute atomic E-state index is 12.6. The molecule has 0 spiro atoms.